The van der Waals surface area contributed by atoms with Crippen molar-refractivity contribution < 1.29 is 0 Å². The topological polar surface area (TPSA) is 34.9 Å². The molecule has 0 saturated carbocycles. The quantitative estimate of drug-likeness (QED) is 0.673. The van der Waals surface area contributed by atoms with Crippen LogP contribution in [0.1, 0.15) is 31.2 Å². The van der Waals surface area contributed by atoms with E-state index in [4.69, 9.17) is 0 Å². The summed E-state index contributed by atoms with van der Waals surface area (Å²) in [4.78, 5) is 17.4. The van der Waals surface area contributed by atoms with Gasteiger partial charge in [-0.05, 0) is 58.6 Å². The Morgan fingerprint density at radius 2 is 1.86 bits per heavy atom. The minimum Gasteiger partial charge on any atom is -0.268 e. The Kier molecular flexibility index (Phi) is 3.87. The first kappa shape index (κ1) is 15.0. The Bertz CT molecular complexity index is 913. The van der Waals surface area contributed by atoms with Crippen molar-refractivity contribution in [3.05, 3.63) is 68.7 Å². The molecule has 4 heteroatoms. The van der Waals surface area contributed by atoms with E-state index in [2.05, 4.69) is 46.9 Å². The maximum absolute atomic E-state index is 12.8. The molecule has 0 bridgehead atoms. The summed E-state index contributed by atoms with van der Waals surface area (Å²) < 4.78 is 2.57. The Balaban J connectivity index is 2.29. The van der Waals surface area contributed by atoms with Gasteiger partial charge in [0.2, 0.25) is 0 Å². The van der Waals surface area contributed by atoms with Gasteiger partial charge in [-0.1, -0.05) is 32.0 Å². The van der Waals surface area contributed by atoms with Gasteiger partial charge >= 0.3 is 0 Å². The van der Waals surface area contributed by atoms with Crippen LogP contribution in [0.15, 0.2) is 51.7 Å². The molecule has 0 aliphatic carbocycles. The molecule has 3 nitrogen and oxygen atoms in total. The molecule has 0 fully saturated rings. The third kappa shape index (κ3) is 2.48. The highest BCUT2D eigenvalue weighted by Crippen LogP contribution is 2.26. The lowest BCUT2D eigenvalue weighted by Gasteiger charge is -2.14. The lowest BCUT2D eigenvalue weighted by molar-refractivity contribution is 0.855. The monoisotopic (exact) mass is 356 g/mol. The molecule has 0 unspecified atom stereocenters. The van der Waals surface area contributed by atoms with E-state index in [0.29, 0.717) is 17.1 Å². The molecule has 0 amide bonds. The van der Waals surface area contributed by atoms with Crippen molar-refractivity contribution >= 4 is 26.8 Å². The lowest BCUT2D eigenvalue weighted by atomic mass is 10.0. The van der Waals surface area contributed by atoms with Crippen LogP contribution in [0.3, 0.4) is 0 Å². The van der Waals surface area contributed by atoms with Crippen molar-refractivity contribution in [1.29, 1.82) is 0 Å². The number of hydrogen-bond donors (Lipinski definition) is 0. The number of rotatable bonds is 2. The molecule has 0 spiro atoms. The van der Waals surface area contributed by atoms with E-state index < -0.39 is 0 Å². The third-order valence-electron chi connectivity index (χ3n) is 3.82. The number of para-hydroxylation sites is 1. The van der Waals surface area contributed by atoms with Crippen molar-refractivity contribution in [2.75, 3.05) is 0 Å². The van der Waals surface area contributed by atoms with Crippen molar-refractivity contribution in [1.82, 2.24) is 9.55 Å². The minimum atomic E-state index is -0.0407. The zero-order valence-corrected chi connectivity index (χ0v) is 14.4. The molecule has 3 rings (SSSR count). The Labute approximate surface area is 137 Å². The van der Waals surface area contributed by atoms with Crippen LogP contribution in [0.4, 0.5) is 0 Å². The summed E-state index contributed by atoms with van der Waals surface area (Å²) in [5.41, 5.74) is 2.75. The van der Waals surface area contributed by atoms with Gasteiger partial charge in [-0.15, -0.1) is 0 Å². The predicted molar refractivity (Wildman–Crippen MR) is 93.9 cm³/mol. The molecule has 1 aromatic heterocycles. The fourth-order valence-corrected chi connectivity index (χ4v) is 3.16. The molecular weight excluding hydrogens is 340 g/mol. The summed E-state index contributed by atoms with van der Waals surface area (Å²) in [6.07, 6.45) is 0. The summed E-state index contributed by atoms with van der Waals surface area (Å²) in [6.45, 7) is 6.16. The molecule has 0 aliphatic rings. The number of benzene rings is 2. The van der Waals surface area contributed by atoms with Crippen molar-refractivity contribution in [3.63, 3.8) is 0 Å². The lowest BCUT2D eigenvalue weighted by Crippen LogP contribution is -2.22. The largest absolute Gasteiger partial charge is 0.268 e. The molecule has 0 atom stereocenters. The second-order valence-electron chi connectivity index (χ2n) is 5.68. The molecular formula is C18H17BrN2O. The van der Waals surface area contributed by atoms with Gasteiger partial charge in [0.05, 0.1) is 16.6 Å². The van der Waals surface area contributed by atoms with Gasteiger partial charge in [0.1, 0.15) is 5.82 Å². The predicted octanol–water partition coefficient (Wildman–Crippen LogP) is 4.58. The maximum atomic E-state index is 12.8. The van der Waals surface area contributed by atoms with Gasteiger partial charge in [0.15, 0.2) is 0 Å². The van der Waals surface area contributed by atoms with E-state index in [1.54, 1.807) is 4.57 Å². The highest BCUT2D eigenvalue weighted by Gasteiger charge is 2.13. The van der Waals surface area contributed by atoms with Crippen molar-refractivity contribution in [3.8, 4) is 5.69 Å². The molecule has 0 N–H and O–H groups in total. The van der Waals surface area contributed by atoms with Crippen LogP contribution in [0.5, 0.6) is 0 Å². The summed E-state index contributed by atoms with van der Waals surface area (Å²) in [7, 11) is 0. The Hall–Kier alpha value is -1.94. The van der Waals surface area contributed by atoms with Gasteiger partial charge in [0, 0.05) is 4.47 Å². The van der Waals surface area contributed by atoms with Crippen LogP contribution < -0.4 is 5.56 Å². The van der Waals surface area contributed by atoms with Crippen LogP contribution in [0.25, 0.3) is 16.6 Å². The van der Waals surface area contributed by atoms with Gasteiger partial charge in [-0.25, -0.2) is 4.98 Å². The molecule has 1 heterocycles. The highest BCUT2D eigenvalue weighted by molar-refractivity contribution is 9.10. The average molecular weight is 357 g/mol. The van der Waals surface area contributed by atoms with Gasteiger partial charge < -0.3 is 0 Å². The zero-order valence-electron chi connectivity index (χ0n) is 12.8. The summed E-state index contributed by atoms with van der Waals surface area (Å²) >= 11 is 3.60. The second-order valence-corrected chi connectivity index (χ2v) is 6.54. The number of aryl methyl sites for hydroxylation is 1. The summed E-state index contributed by atoms with van der Waals surface area (Å²) in [5, 5.41) is 0.632. The van der Waals surface area contributed by atoms with E-state index in [1.807, 2.05) is 37.3 Å². The van der Waals surface area contributed by atoms with Crippen LogP contribution in [0, 0.1) is 6.92 Å². The fraction of sp³-hybridized carbons (Fsp3) is 0.222. The average Bonchev–Trinajstić information content (AvgIpc) is 2.48. The normalized spacial score (nSPS) is 11.3. The zero-order chi connectivity index (χ0) is 15.9. The first-order valence-corrected chi connectivity index (χ1v) is 8.06. The standard InChI is InChI=1S/C18H17BrN2O/c1-11(2)13-8-9-17(15(19)10-13)21-12(3)20-16-7-5-4-6-14(16)18(21)22/h4-11H,1-3H3. The molecule has 22 heavy (non-hydrogen) atoms. The molecule has 0 radical (unpaired) electrons. The van der Waals surface area contributed by atoms with Crippen molar-refractivity contribution in [2.45, 2.75) is 26.7 Å². The number of aromatic nitrogens is 2. The molecule has 3 aromatic rings. The maximum Gasteiger partial charge on any atom is 0.265 e. The fourth-order valence-electron chi connectivity index (χ4n) is 2.59. The molecule has 0 aliphatic heterocycles. The molecule has 112 valence electrons. The van der Waals surface area contributed by atoms with E-state index in [1.165, 1.54) is 5.56 Å². The van der Waals surface area contributed by atoms with Crippen molar-refractivity contribution in [2.24, 2.45) is 0 Å². The van der Waals surface area contributed by atoms with E-state index >= 15 is 0 Å². The van der Waals surface area contributed by atoms with Gasteiger partial charge in [0.25, 0.3) is 5.56 Å². The van der Waals surface area contributed by atoms with Gasteiger partial charge in [-0.2, -0.15) is 0 Å². The van der Waals surface area contributed by atoms with E-state index in [0.717, 1.165) is 15.7 Å². The highest BCUT2D eigenvalue weighted by atomic mass is 79.9. The Morgan fingerprint density at radius 3 is 2.55 bits per heavy atom. The smallest absolute Gasteiger partial charge is 0.265 e. The number of nitrogens with zero attached hydrogens (tertiary/aromatic N) is 2. The first-order valence-electron chi connectivity index (χ1n) is 7.27. The van der Waals surface area contributed by atoms with Crippen LogP contribution in [0.2, 0.25) is 0 Å². The third-order valence-corrected chi connectivity index (χ3v) is 4.46. The van der Waals surface area contributed by atoms with Crippen LogP contribution in [-0.2, 0) is 0 Å². The van der Waals surface area contributed by atoms with E-state index in [9.17, 15) is 4.79 Å². The minimum absolute atomic E-state index is 0.0407. The number of fused-ring (bicyclic) bond motifs is 1. The first-order chi connectivity index (χ1) is 10.5. The van der Waals surface area contributed by atoms with E-state index in [-0.39, 0.29) is 5.56 Å². The number of halogens is 1. The summed E-state index contributed by atoms with van der Waals surface area (Å²) in [5.74, 6) is 1.12. The molecule has 2 aromatic carbocycles. The summed E-state index contributed by atoms with van der Waals surface area (Å²) in [6, 6.07) is 13.5. The van der Waals surface area contributed by atoms with Gasteiger partial charge in [-0.3, -0.25) is 9.36 Å². The SMILES string of the molecule is Cc1nc2ccccc2c(=O)n1-c1ccc(C(C)C)cc1Br. The number of hydrogen-bond acceptors (Lipinski definition) is 2. The van der Waals surface area contributed by atoms with Crippen LogP contribution >= 0.6 is 15.9 Å². The second kappa shape index (κ2) is 5.69. The Morgan fingerprint density at radius 1 is 1.14 bits per heavy atom. The molecule has 0 saturated heterocycles. The van der Waals surface area contributed by atoms with Crippen LogP contribution in [-0.4, -0.2) is 9.55 Å².